The van der Waals surface area contributed by atoms with E-state index in [1.165, 1.54) is 0 Å². The number of rotatable bonds is 2. The molecule has 1 heterocycles. The highest BCUT2D eigenvalue weighted by Gasteiger charge is 2.00. The van der Waals surface area contributed by atoms with E-state index in [1.807, 2.05) is 6.92 Å². The minimum atomic E-state index is 0.366. The fourth-order valence-electron chi connectivity index (χ4n) is 0.780. The summed E-state index contributed by atoms with van der Waals surface area (Å²) in [4.78, 5) is 8.35. The summed E-state index contributed by atoms with van der Waals surface area (Å²) in [5.74, 6) is 0.686. The van der Waals surface area contributed by atoms with E-state index in [9.17, 15) is 0 Å². The quantitative estimate of drug-likeness (QED) is 0.847. The van der Waals surface area contributed by atoms with Gasteiger partial charge in [0.1, 0.15) is 0 Å². The van der Waals surface area contributed by atoms with E-state index in [0.717, 1.165) is 10.2 Å². The lowest BCUT2D eigenvalue weighted by Crippen LogP contribution is -2.12. The lowest BCUT2D eigenvalue weighted by atomic mass is 10.4. The van der Waals surface area contributed by atoms with Crippen molar-refractivity contribution in [1.82, 2.24) is 9.97 Å². The van der Waals surface area contributed by atoms with E-state index in [2.05, 4.69) is 45.1 Å². The highest BCUT2D eigenvalue weighted by molar-refractivity contribution is 9.10. The van der Waals surface area contributed by atoms with Crippen LogP contribution in [-0.4, -0.2) is 16.0 Å². The second-order valence-electron chi connectivity index (χ2n) is 2.93. The van der Waals surface area contributed by atoms with Crippen LogP contribution in [0.5, 0.6) is 0 Å². The van der Waals surface area contributed by atoms with Crippen molar-refractivity contribution in [3.8, 4) is 0 Å². The minimum absolute atomic E-state index is 0.366. The molecule has 66 valence electrons. The third-order valence-corrected chi connectivity index (χ3v) is 2.12. The Labute approximate surface area is 80.7 Å². The number of aryl methyl sites for hydroxylation is 1. The summed E-state index contributed by atoms with van der Waals surface area (Å²) in [5.41, 5.74) is 0.952. The van der Waals surface area contributed by atoms with Gasteiger partial charge in [0.2, 0.25) is 5.95 Å². The Morgan fingerprint density at radius 3 is 2.67 bits per heavy atom. The van der Waals surface area contributed by atoms with Crippen molar-refractivity contribution in [3.05, 3.63) is 16.4 Å². The molecule has 0 saturated carbocycles. The first-order valence-electron chi connectivity index (χ1n) is 3.85. The molecular weight excluding hydrogens is 218 g/mol. The summed E-state index contributed by atoms with van der Waals surface area (Å²) in [6.45, 7) is 6.05. The number of hydrogen-bond donors (Lipinski definition) is 1. The molecule has 0 aliphatic carbocycles. The number of aromatic nitrogens is 2. The maximum atomic E-state index is 4.24. The van der Waals surface area contributed by atoms with Gasteiger partial charge >= 0.3 is 0 Å². The zero-order valence-electron chi connectivity index (χ0n) is 7.43. The second kappa shape index (κ2) is 3.85. The van der Waals surface area contributed by atoms with Crippen LogP contribution in [0.4, 0.5) is 5.95 Å². The largest absolute Gasteiger partial charge is 0.352 e. The van der Waals surface area contributed by atoms with Crippen LogP contribution in [0.1, 0.15) is 19.5 Å². The molecule has 0 radical (unpaired) electrons. The summed E-state index contributed by atoms with van der Waals surface area (Å²) in [7, 11) is 0. The van der Waals surface area contributed by atoms with E-state index >= 15 is 0 Å². The van der Waals surface area contributed by atoms with Gasteiger partial charge in [-0.05, 0) is 36.7 Å². The van der Waals surface area contributed by atoms with Gasteiger partial charge in [-0.25, -0.2) is 9.97 Å². The zero-order valence-corrected chi connectivity index (χ0v) is 9.01. The highest BCUT2D eigenvalue weighted by atomic mass is 79.9. The number of nitrogens with one attached hydrogen (secondary N) is 1. The number of hydrogen-bond acceptors (Lipinski definition) is 3. The Morgan fingerprint density at radius 1 is 1.50 bits per heavy atom. The monoisotopic (exact) mass is 229 g/mol. The SMILES string of the molecule is Cc1nc(NC(C)C)ncc1Br. The molecule has 0 aliphatic rings. The van der Waals surface area contributed by atoms with Crippen LogP contribution < -0.4 is 5.32 Å². The first-order valence-corrected chi connectivity index (χ1v) is 4.64. The number of anilines is 1. The molecule has 1 aromatic heterocycles. The fraction of sp³-hybridized carbons (Fsp3) is 0.500. The predicted octanol–water partition coefficient (Wildman–Crippen LogP) is 2.37. The molecule has 0 atom stereocenters. The van der Waals surface area contributed by atoms with Crippen molar-refractivity contribution in [3.63, 3.8) is 0 Å². The van der Waals surface area contributed by atoms with Crippen LogP contribution in [-0.2, 0) is 0 Å². The van der Waals surface area contributed by atoms with Crippen LogP contribution in [0.25, 0.3) is 0 Å². The minimum Gasteiger partial charge on any atom is -0.352 e. The van der Waals surface area contributed by atoms with E-state index in [0.29, 0.717) is 12.0 Å². The summed E-state index contributed by atoms with van der Waals surface area (Å²) in [6, 6.07) is 0.366. The topological polar surface area (TPSA) is 37.8 Å². The molecule has 0 spiro atoms. The average Bonchev–Trinajstić information content (AvgIpc) is 1.96. The molecule has 4 heteroatoms. The Kier molecular flexibility index (Phi) is 3.03. The van der Waals surface area contributed by atoms with Gasteiger partial charge in [-0.3, -0.25) is 0 Å². The summed E-state index contributed by atoms with van der Waals surface area (Å²) < 4.78 is 0.941. The summed E-state index contributed by atoms with van der Waals surface area (Å²) in [6.07, 6.45) is 1.76. The van der Waals surface area contributed by atoms with E-state index < -0.39 is 0 Å². The molecule has 0 fully saturated rings. The van der Waals surface area contributed by atoms with Gasteiger partial charge in [0.05, 0.1) is 10.2 Å². The van der Waals surface area contributed by atoms with Crippen molar-refractivity contribution in [2.45, 2.75) is 26.8 Å². The molecule has 0 saturated heterocycles. The third kappa shape index (κ3) is 2.44. The van der Waals surface area contributed by atoms with Gasteiger partial charge in [-0.1, -0.05) is 0 Å². The van der Waals surface area contributed by atoms with Crippen molar-refractivity contribution >= 4 is 21.9 Å². The predicted molar refractivity (Wildman–Crippen MR) is 53.2 cm³/mol. The average molecular weight is 230 g/mol. The van der Waals surface area contributed by atoms with Gasteiger partial charge < -0.3 is 5.32 Å². The Morgan fingerprint density at radius 2 is 2.17 bits per heavy atom. The standard InChI is InChI=1S/C8H12BrN3/c1-5(2)11-8-10-4-7(9)6(3)12-8/h4-5H,1-3H3,(H,10,11,12). The van der Waals surface area contributed by atoms with Gasteiger partial charge in [0.15, 0.2) is 0 Å². The zero-order chi connectivity index (χ0) is 9.14. The summed E-state index contributed by atoms with van der Waals surface area (Å²) in [5, 5.41) is 3.13. The summed E-state index contributed by atoms with van der Waals surface area (Å²) >= 11 is 3.34. The van der Waals surface area contributed by atoms with E-state index in [-0.39, 0.29) is 0 Å². The van der Waals surface area contributed by atoms with Crippen LogP contribution in [0.3, 0.4) is 0 Å². The molecule has 1 rings (SSSR count). The van der Waals surface area contributed by atoms with E-state index in [1.54, 1.807) is 6.20 Å². The third-order valence-electron chi connectivity index (χ3n) is 1.34. The molecule has 3 nitrogen and oxygen atoms in total. The van der Waals surface area contributed by atoms with Crippen molar-refractivity contribution in [2.75, 3.05) is 5.32 Å². The smallest absolute Gasteiger partial charge is 0.223 e. The van der Waals surface area contributed by atoms with Crippen LogP contribution in [0.2, 0.25) is 0 Å². The maximum absolute atomic E-state index is 4.24. The first-order chi connectivity index (χ1) is 5.59. The highest BCUT2D eigenvalue weighted by Crippen LogP contribution is 2.13. The molecule has 0 aliphatic heterocycles. The van der Waals surface area contributed by atoms with Gasteiger partial charge in [-0.15, -0.1) is 0 Å². The molecule has 12 heavy (non-hydrogen) atoms. The Bertz CT molecular complexity index is 273. The molecule has 0 bridgehead atoms. The second-order valence-corrected chi connectivity index (χ2v) is 3.78. The molecule has 1 N–H and O–H groups in total. The normalized spacial score (nSPS) is 10.4. The van der Waals surface area contributed by atoms with Gasteiger partial charge in [-0.2, -0.15) is 0 Å². The molecule has 0 amide bonds. The fourth-order valence-corrected chi connectivity index (χ4v) is 0.971. The van der Waals surface area contributed by atoms with Crippen LogP contribution in [0.15, 0.2) is 10.7 Å². The van der Waals surface area contributed by atoms with Crippen LogP contribution in [0, 0.1) is 6.92 Å². The van der Waals surface area contributed by atoms with Crippen molar-refractivity contribution < 1.29 is 0 Å². The van der Waals surface area contributed by atoms with Gasteiger partial charge in [0, 0.05) is 12.2 Å². The van der Waals surface area contributed by atoms with Crippen molar-refractivity contribution in [2.24, 2.45) is 0 Å². The number of halogens is 1. The molecular formula is C8H12BrN3. The number of nitrogens with zero attached hydrogens (tertiary/aromatic N) is 2. The Hall–Kier alpha value is -0.640. The lowest BCUT2D eigenvalue weighted by Gasteiger charge is -2.08. The molecule has 1 aromatic rings. The van der Waals surface area contributed by atoms with Crippen LogP contribution >= 0.6 is 15.9 Å². The maximum Gasteiger partial charge on any atom is 0.223 e. The molecule has 0 unspecified atom stereocenters. The van der Waals surface area contributed by atoms with Gasteiger partial charge in [0.25, 0.3) is 0 Å². The first kappa shape index (κ1) is 9.45. The molecule has 0 aromatic carbocycles. The van der Waals surface area contributed by atoms with Crippen molar-refractivity contribution in [1.29, 1.82) is 0 Å². The lowest BCUT2D eigenvalue weighted by molar-refractivity contribution is 0.869. The van der Waals surface area contributed by atoms with E-state index in [4.69, 9.17) is 0 Å². The Balaban J connectivity index is 2.82.